The molecule has 1 aromatic heterocycles. The van der Waals surface area contributed by atoms with E-state index in [0.717, 1.165) is 35.4 Å². The third-order valence-electron chi connectivity index (χ3n) is 5.59. The molecule has 5 nitrogen and oxygen atoms in total. The number of nitrogens with zero attached hydrogens (tertiary/aromatic N) is 1. The molecule has 4 rings (SSSR count). The molecule has 1 aliphatic heterocycles. The van der Waals surface area contributed by atoms with Crippen LogP contribution in [0.3, 0.4) is 0 Å². The Balaban J connectivity index is 0.00000240. The number of para-hydroxylation sites is 1. The maximum Gasteiger partial charge on any atom is 0.287 e. The molecule has 0 spiro atoms. The second-order valence-corrected chi connectivity index (χ2v) is 7.29. The zero-order valence-electron chi connectivity index (χ0n) is 16.8. The van der Waals surface area contributed by atoms with E-state index >= 15 is 0 Å². The van der Waals surface area contributed by atoms with Crippen LogP contribution in [0.4, 0.5) is 0 Å². The van der Waals surface area contributed by atoms with Crippen LogP contribution < -0.4 is 10.1 Å². The van der Waals surface area contributed by atoms with Crippen LogP contribution in [0.1, 0.15) is 40.6 Å². The zero-order chi connectivity index (χ0) is 19.5. The molecule has 1 N–H and O–H groups in total. The molecule has 0 aliphatic carbocycles. The summed E-state index contributed by atoms with van der Waals surface area (Å²) >= 11 is 0. The fourth-order valence-electron chi connectivity index (χ4n) is 4.00. The number of carbonyl (C=O) groups is 1. The topological polar surface area (TPSA) is 54.7 Å². The fraction of sp³-hybridized carbons (Fsp3) is 0.348. The highest BCUT2D eigenvalue weighted by Crippen LogP contribution is 2.27. The van der Waals surface area contributed by atoms with Gasteiger partial charge < -0.3 is 14.5 Å². The number of amides is 1. The number of nitrogens with one attached hydrogen (secondary N) is 1. The summed E-state index contributed by atoms with van der Waals surface area (Å²) in [7, 11) is 1.67. The summed E-state index contributed by atoms with van der Waals surface area (Å²) in [6, 6.07) is 16.0. The van der Waals surface area contributed by atoms with Crippen LogP contribution in [0.2, 0.25) is 0 Å². The Hall–Kier alpha value is -2.50. The van der Waals surface area contributed by atoms with E-state index in [9.17, 15) is 4.79 Å². The molecule has 2 aromatic carbocycles. The minimum atomic E-state index is -0.161. The molecular formula is C23H27ClN2O3. The smallest absolute Gasteiger partial charge is 0.287 e. The van der Waals surface area contributed by atoms with E-state index in [1.165, 1.54) is 18.4 Å². The van der Waals surface area contributed by atoms with Gasteiger partial charge in [0.15, 0.2) is 5.76 Å². The molecule has 0 radical (unpaired) electrons. The lowest BCUT2D eigenvalue weighted by molar-refractivity contribution is 0.0911. The summed E-state index contributed by atoms with van der Waals surface area (Å²) in [4.78, 5) is 15.3. The molecule has 2 heterocycles. The second kappa shape index (κ2) is 9.33. The SMILES string of the molecule is COc1ccc(C(CNC(=O)c2oc3ccccc3c2C)N2CCCC2)cc1.Cl. The average Bonchev–Trinajstić information content (AvgIpc) is 3.37. The second-order valence-electron chi connectivity index (χ2n) is 7.29. The number of fused-ring (bicyclic) bond motifs is 1. The molecular weight excluding hydrogens is 388 g/mol. The molecule has 6 heteroatoms. The Morgan fingerprint density at radius 3 is 2.48 bits per heavy atom. The summed E-state index contributed by atoms with van der Waals surface area (Å²) < 4.78 is 11.1. The Morgan fingerprint density at radius 2 is 1.83 bits per heavy atom. The number of likely N-dealkylation sites (tertiary alicyclic amines) is 1. The first kappa shape index (κ1) is 21.2. The quantitative estimate of drug-likeness (QED) is 0.633. The molecule has 3 aromatic rings. The zero-order valence-corrected chi connectivity index (χ0v) is 17.6. The van der Waals surface area contributed by atoms with E-state index in [2.05, 4.69) is 22.3 Å². The number of halogens is 1. The number of ether oxygens (including phenoxy) is 1. The minimum absolute atomic E-state index is 0. The van der Waals surface area contributed by atoms with E-state index < -0.39 is 0 Å². The van der Waals surface area contributed by atoms with Gasteiger partial charge >= 0.3 is 0 Å². The van der Waals surface area contributed by atoms with Crippen molar-refractivity contribution in [2.45, 2.75) is 25.8 Å². The van der Waals surface area contributed by atoms with Gasteiger partial charge in [-0.2, -0.15) is 0 Å². The lowest BCUT2D eigenvalue weighted by Gasteiger charge is -2.28. The molecule has 1 saturated heterocycles. The molecule has 154 valence electrons. The van der Waals surface area contributed by atoms with Gasteiger partial charge in [-0.05, 0) is 56.6 Å². The van der Waals surface area contributed by atoms with Gasteiger partial charge in [-0.3, -0.25) is 9.69 Å². The Labute approximate surface area is 177 Å². The van der Waals surface area contributed by atoms with Gasteiger partial charge in [0.1, 0.15) is 11.3 Å². The van der Waals surface area contributed by atoms with Crippen molar-refractivity contribution < 1.29 is 13.9 Å². The van der Waals surface area contributed by atoms with Crippen molar-refractivity contribution in [3.63, 3.8) is 0 Å². The Morgan fingerprint density at radius 1 is 1.14 bits per heavy atom. The van der Waals surface area contributed by atoms with Gasteiger partial charge in [-0.25, -0.2) is 0 Å². The number of rotatable bonds is 6. The summed E-state index contributed by atoms with van der Waals surface area (Å²) in [6.45, 7) is 4.58. The van der Waals surface area contributed by atoms with Crippen LogP contribution in [0.15, 0.2) is 52.9 Å². The van der Waals surface area contributed by atoms with Gasteiger partial charge in [-0.15, -0.1) is 12.4 Å². The normalized spacial score (nSPS) is 15.1. The Kier molecular flexibility index (Phi) is 6.83. The maximum absolute atomic E-state index is 12.8. The summed E-state index contributed by atoms with van der Waals surface area (Å²) in [6.07, 6.45) is 2.40. The molecule has 1 atom stereocenters. The van der Waals surface area contributed by atoms with Crippen LogP contribution in [-0.4, -0.2) is 37.6 Å². The lowest BCUT2D eigenvalue weighted by Crippen LogP contribution is -2.36. The number of methoxy groups -OCH3 is 1. The van der Waals surface area contributed by atoms with Gasteiger partial charge in [0.2, 0.25) is 0 Å². The molecule has 1 amide bonds. The van der Waals surface area contributed by atoms with E-state index in [1.54, 1.807) is 7.11 Å². The van der Waals surface area contributed by atoms with Crippen molar-refractivity contribution in [3.8, 4) is 5.75 Å². The number of aryl methyl sites for hydroxylation is 1. The predicted molar refractivity (Wildman–Crippen MR) is 117 cm³/mol. The summed E-state index contributed by atoms with van der Waals surface area (Å²) in [5, 5.41) is 4.08. The third kappa shape index (κ3) is 4.41. The molecule has 29 heavy (non-hydrogen) atoms. The van der Waals surface area contributed by atoms with Crippen molar-refractivity contribution in [2.24, 2.45) is 0 Å². The average molecular weight is 415 g/mol. The van der Waals surface area contributed by atoms with Crippen molar-refractivity contribution in [1.82, 2.24) is 10.2 Å². The van der Waals surface area contributed by atoms with Crippen molar-refractivity contribution in [1.29, 1.82) is 0 Å². The number of hydrogen-bond donors (Lipinski definition) is 1. The lowest BCUT2D eigenvalue weighted by atomic mass is 10.0. The number of benzene rings is 2. The molecule has 1 unspecified atom stereocenters. The van der Waals surface area contributed by atoms with Crippen LogP contribution in [0, 0.1) is 6.92 Å². The van der Waals surface area contributed by atoms with Gasteiger partial charge in [0.25, 0.3) is 5.91 Å². The van der Waals surface area contributed by atoms with Crippen LogP contribution in [0.25, 0.3) is 11.0 Å². The van der Waals surface area contributed by atoms with Crippen molar-refractivity contribution in [3.05, 3.63) is 65.4 Å². The highest BCUT2D eigenvalue weighted by atomic mass is 35.5. The summed E-state index contributed by atoms with van der Waals surface area (Å²) in [5.74, 6) is 1.08. The van der Waals surface area contributed by atoms with Gasteiger partial charge in [-0.1, -0.05) is 30.3 Å². The number of hydrogen-bond acceptors (Lipinski definition) is 4. The number of carbonyl (C=O) groups excluding carboxylic acids is 1. The van der Waals surface area contributed by atoms with Crippen molar-refractivity contribution in [2.75, 3.05) is 26.7 Å². The van der Waals surface area contributed by atoms with Crippen molar-refractivity contribution >= 4 is 29.3 Å². The van der Waals surface area contributed by atoms with Crippen LogP contribution in [-0.2, 0) is 0 Å². The van der Waals surface area contributed by atoms with Gasteiger partial charge in [0.05, 0.1) is 13.2 Å². The molecule has 1 aliphatic rings. The largest absolute Gasteiger partial charge is 0.497 e. The monoisotopic (exact) mass is 414 g/mol. The molecule has 1 fully saturated rings. The standard InChI is InChI=1S/C23H26N2O3.ClH/c1-16-19-7-3-4-8-21(19)28-22(16)23(26)24-15-20(25-13-5-6-14-25)17-9-11-18(27-2)12-10-17;/h3-4,7-12,20H,5-6,13-15H2,1-2H3,(H,24,26);1H. The van der Waals surface area contributed by atoms with Crippen LogP contribution >= 0.6 is 12.4 Å². The predicted octanol–water partition coefficient (Wildman–Crippen LogP) is 4.74. The fourth-order valence-corrected chi connectivity index (χ4v) is 4.00. The Bertz CT molecular complexity index is 962. The minimum Gasteiger partial charge on any atom is -0.497 e. The van der Waals surface area contributed by atoms with E-state index in [4.69, 9.17) is 9.15 Å². The summed E-state index contributed by atoms with van der Waals surface area (Å²) in [5.41, 5.74) is 2.82. The maximum atomic E-state index is 12.8. The van der Waals surface area contributed by atoms with E-state index in [1.807, 2.05) is 43.3 Å². The molecule has 0 bridgehead atoms. The first-order valence-electron chi connectivity index (χ1n) is 9.81. The van der Waals surface area contributed by atoms with E-state index in [-0.39, 0.29) is 24.4 Å². The van der Waals surface area contributed by atoms with Crippen LogP contribution in [0.5, 0.6) is 5.75 Å². The first-order chi connectivity index (χ1) is 13.7. The highest BCUT2D eigenvalue weighted by molar-refractivity contribution is 5.98. The van der Waals surface area contributed by atoms with Gasteiger partial charge in [0, 0.05) is 17.5 Å². The first-order valence-corrected chi connectivity index (χ1v) is 9.81. The van der Waals surface area contributed by atoms with E-state index in [0.29, 0.717) is 12.3 Å². The number of furan rings is 1. The molecule has 0 saturated carbocycles. The highest BCUT2D eigenvalue weighted by Gasteiger charge is 2.25. The third-order valence-corrected chi connectivity index (χ3v) is 5.59.